The summed E-state index contributed by atoms with van der Waals surface area (Å²) < 4.78 is 16.8. The van der Waals surface area contributed by atoms with Gasteiger partial charge in [-0.2, -0.15) is 0 Å². The van der Waals surface area contributed by atoms with E-state index in [1.54, 1.807) is 0 Å². The van der Waals surface area contributed by atoms with E-state index in [2.05, 4.69) is 57.2 Å². The maximum absolute atomic E-state index is 12.8. The molecule has 0 aromatic rings. The summed E-state index contributed by atoms with van der Waals surface area (Å²) in [6.07, 6.45) is 59.8. The van der Waals surface area contributed by atoms with Crippen molar-refractivity contribution in [3.05, 3.63) is 36.5 Å². The van der Waals surface area contributed by atoms with E-state index in [1.807, 2.05) is 0 Å². The van der Waals surface area contributed by atoms with Gasteiger partial charge in [-0.15, -0.1) is 0 Å². The zero-order valence-corrected chi connectivity index (χ0v) is 41.4. The molecule has 0 aliphatic carbocycles. The summed E-state index contributed by atoms with van der Waals surface area (Å²) in [4.78, 5) is 38.0. The first-order valence-electron chi connectivity index (χ1n) is 27.0. The maximum Gasteiger partial charge on any atom is 0.306 e. The fraction of sp³-hybridized carbons (Fsp3) is 0.839. The Balaban J connectivity index is 4.33. The first-order chi connectivity index (χ1) is 30.5. The van der Waals surface area contributed by atoms with Gasteiger partial charge >= 0.3 is 17.9 Å². The molecule has 0 saturated heterocycles. The van der Waals surface area contributed by atoms with Gasteiger partial charge in [0.05, 0.1) is 0 Å². The molecule has 0 amide bonds. The normalized spacial score (nSPS) is 12.2. The SMILES string of the molecule is CC/C=C\C/C=C\C/C=C\CCCCCCCC(=O)OC[C@H](COC(=O)CCCCCCCCCCCCCCCCCCC)OC(=O)CCCCCCCCCCCCCC. The highest BCUT2D eigenvalue weighted by Crippen LogP contribution is 2.16. The Bertz CT molecular complexity index is 1050. The van der Waals surface area contributed by atoms with Gasteiger partial charge in [0.25, 0.3) is 0 Å². The number of allylic oxidation sites excluding steroid dienone is 6. The standard InChI is InChI=1S/C56H102O6/c1-4-7-10-13-16-19-22-25-27-28-30-32-35-37-40-43-46-49-55(58)61-52-53(62-56(59)50-47-44-41-38-33-24-21-18-15-12-9-6-3)51-60-54(57)48-45-42-39-36-34-31-29-26-23-20-17-14-11-8-5-2/h8,11,17,20,26,29,53H,4-7,9-10,12-16,18-19,21-25,27-28,30-52H2,1-3H3/b11-8-,20-17-,29-26-/t53-/m1/s1. The van der Waals surface area contributed by atoms with E-state index in [-0.39, 0.29) is 31.1 Å². The molecule has 6 heteroatoms. The lowest BCUT2D eigenvalue weighted by molar-refractivity contribution is -0.167. The van der Waals surface area contributed by atoms with E-state index >= 15 is 0 Å². The molecule has 1 atom stereocenters. The van der Waals surface area contributed by atoms with E-state index in [1.165, 1.54) is 148 Å². The minimum absolute atomic E-state index is 0.0731. The number of ether oxygens (including phenoxy) is 3. The highest BCUT2D eigenvalue weighted by Gasteiger charge is 2.19. The van der Waals surface area contributed by atoms with Gasteiger partial charge < -0.3 is 14.2 Å². The predicted molar refractivity (Wildman–Crippen MR) is 266 cm³/mol. The zero-order chi connectivity index (χ0) is 45.1. The first-order valence-corrected chi connectivity index (χ1v) is 27.0. The van der Waals surface area contributed by atoms with Crippen LogP contribution in [0.25, 0.3) is 0 Å². The van der Waals surface area contributed by atoms with Crippen molar-refractivity contribution < 1.29 is 28.6 Å². The van der Waals surface area contributed by atoms with Crippen molar-refractivity contribution in [1.29, 1.82) is 0 Å². The largest absolute Gasteiger partial charge is 0.462 e. The van der Waals surface area contributed by atoms with Gasteiger partial charge in [0.1, 0.15) is 13.2 Å². The van der Waals surface area contributed by atoms with Crippen LogP contribution in [-0.4, -0.2) is 37.2 Å². The molecule has 0 radical (unpaired) electrons. The number of esters is 3. The van der Waals surface area contributed by atoms with E-state index in [0.29, 0.717) is 19.3 Å². The lowest BCUT2D eigenvalue weighted by atomic mass is 10.0. The smallest absolute Gasteiger partial charge is 0.306 e. The molecule has 362 valence electrons. The minimum Gasteiger partial charge on any atom is -0.462 e. The molecule has 0 aliphatic rings. The summed E-state index contributed by atoms with van der Waals surface area (Å²) in [5, 5.41) is 0. The van der Waals surface area contributed by atoms with Crippen LogP contribution in [0, 0.1) is 0 Å². The summed E-state index contributed by atoms with van der Waals surface area (Å²) in [5.41, 5.74) is 0. The monoisotopic (exact) mass is 871 g/mol. The van der Waals surface area contributed by atoms with E-state index in [4.69, 9.17) is 14.2 Å². The second-order valence-electron chi connectivity index (χ2n) is 18.1. The van der Waals surface area contributed by atoms with Crippen molar-refractivity contribution in [2.45, 2.75) is 290 Å². The Hall–Kier alpha value is -2.37. The minimum atomic E-state index is -0.773. The molecule has 0 spiro atoms. The Morgan fingerprint density at radius 1 is 0.339 bits per heavy atom. The van der Waals surface area contributed by atoms with E-state index in [0.717, 1.165) is 96.3 Å². The van der Waals surface area contributed by atoms with Crippen LogP contribution in [-0.2, 0) is 28.6 Å². The van der Waals surface area contributed by atoms with Crippen LogP contribution in [0.1, 0.15) is 284 Å². The molecule has 0 aromatic carbocycles. The van der Waals surface area contributed by atoms with Crippen molar-refractivity contribution in [1.82, 2.24) is 0 Å². The van der Waals surface area contributed by atoms with Gasteiger partial charge in [-0.05, 0) is 51.4 Å². The van der Waals surface area contributed by atoms with Gasteiger partial charge in [-0.3, -0.25) is 14.4 Å². The Kier molecular flexibility index (Phi) is 49.3. The molecule has 0 aliphatic heterocycles. The van der Waals surface area contributed by atoms with E-state index in [9.17, 15) is 14.4 Å². The third-order valence-corrected chi connectivity index (χ3v) is 11.9. The van der Waals surface area contributed by atoms with Gasteiger partial charge in [0.2, 0.25) is 0 Å². The summed E-state index contributed by atoms with van der Waals surface area (Å²) >= 11 is 0. The summed E-state index contributed by atoms with van der Waals surface area (Å²) in [6, 6.07) is 0. The molecular weight excluding hydrogens is 769 g/mol. The lowest BCUT2D eigenvalue weighted by Gasteiger charge is -2.18. The van der Waals surface area contributed by atoms with Crippen molar-refractivity contribution in [3.63, 3.8) is 0 Å². The van der Waals surface area contributed by atoms with Crippen LogP contribution in [0.2, 0.25) is 0 Å². The van der Waals surface area contributed by atoms with Gasteiger partial charge in [-0.1, -0.05) is 250 Å². The number of rotatable bonds is 49. The number of carbonyl (C=O) groups is 3. The Labute approximate surface area is 385 Å². The number of hydrogen-bond donors (Lipinski definition) is 0. The highest BCUT2D eigenvalue weighted by molar-refractivity contribution is 5.71. The third kappa shape index (κ3) is 48.7. The number of hydrogen-bond acceptors (Lipinski definition) is 6. The Morgan fingerprint density at radius 2 is 0.629 bits per heavy atom. The van der Waals surface area contributed by atoms with Crippen molar-refractivity contribution in [2.75, 3.05) is 13.2 Å². The molecule has 0 fully saturated rings. The van der Waals surface area contributed by atoms with Crippen molar-refractivity contribution in [3.8, 4) is 0 Å². The molecule has 0 rings (SSSR count). The fourth-order valence-corrected chi connectivity index (χ4v) is 7.87. The van der Waals surface area contributed by atoms with E-state index < -0.39 is 6.10 Å². The van der Waals surface area contributed by atoms with Gasteiger partial charge in [0, 0.05) is 19.3 Å². The first kappa shape index (κ1) is 59.6. The number of unbranched alkanes of at least 4 members (excludes halogenated alkanes) is 32. The van der Waals surface area contributed by atoms with Gasteiger partial charge in [-0.25, -0.2) is 0 Å². The summed E-state index contributed by atoms with van der Waals surface area (Å²) in [6.45, 7) is 6.54. The predicted octanol–water partition coefficient (Wildman–Crippen LogP) is 17.7. The quantitative estimate of drug-likeness (QED) is 0.0262. The van der Waals surface area contributed by atoms with Crippen LogP contribution in [0.5, 0.6) is 0 Å². The molecule has 0 heterocycles. The van der Waals surface area contributed by atoms with Gasteiger partial charge in [0.15, 0.2) is 6.10 Å². The molecular formula is C56H102O6. The molecule has 0 saturated carbocycles. The average Bonchev–Trinajstić information content (AvgIpc) is 3.27. The fourth-order valence-electron chi connectivity index (χ4n) is 7.87. The topological polar surface area (TPSA) is 78.9 Å². The van der Waals surface area contributed by atoms with Crippen LogP contribution in [0.4, 0.5) is 0 Å². The average molecular weight is 871 g/mol. The molecule has 6 nitrogen and oxygen atoms in total. The second kappa shape index (κ2) is 51.3. The van der Waals surface area contributed by atoms with Crippen LogP contribution in [0.3, 0.4) is 0 Å². The summed E-state index contributed by atoms with van der Waals surface area (Å²) in [7, 11) is 0. The van der Waals surface area contributed by atoms with Crippen molar-refractivity contribution >= 4 is 17.9 Å². The molecule has 0 bridgehead atoms. The summed E-state index contributed by atoms with van der Waals surface area (Å²) in [5.74, 6) is -0.876. The van der Waals surface area contributed by atoms with Crippen LogP contribution >= 0.6 is 0 Å². The van der Waals surface area contributed by atoms with Crippen LogP contribution in [0.15, 0.2) is 36.5 Å². The maximum atomic E-state index is 12.8. The molecule has 62 heavy (non-hydrogen) atoms. The lowest BCUT2D eigenvalue weighted by Crippen LogP contribution is -2.30. The Morgan fingerprint density at radius 3 is 0.984 bits per heavy atom. The molecule has 0 aromatic heterocycles. The molecule has 0 unspecified atom stereocenters. The molecule has 0 N–H and O–H groups in total. The van der Waals surface area contributed by atoms with Crippen molar-refractivity contribution in [2.24, 2.45) is 0 Å². The highest BCUT2D eigenvalue weighted by atomic mass is 16.6. The zero-order valence-electron chi connectivity index (χ0n) is 41.4. The van der Waals surface area contributed by atoms with Crippen LogP contribution < -0.4 is 0 Å². The second-order valence-corrected chi connectivity index (χ2v) is 18.1. The number of carbonyl (C=O) groups excluding carboxylic acids is 3. The third-order valence-electron chi connectivity index (χ3n) is 11.9.